The third-order valence-electron chi connectivity index (χ3n) is 3.80. The fraction of sp³-hybridized carbons (Fsp3) is 0. The molecule has 0 aliphatic rings. The summed E-state index contributed by atoms with van der Waals surface area (Å²) in [6, 6.07) is 18.5. The second-order valence-electron chi connectivity index (χ2n) is 5.20. The first-order valence-electron chi connectivity index (χ1n) is 6.97. The summed E-state index contributed by atoms with van der Waals surface area (Å²) in [6.07, 6.45) is 0. The molecule has 106 valence electrons. The Morgan fingerprint density at radius 2 is 1.41 bits per heavy atom. The molecule has 0 bridgehead atoms. The lowest BCUT2D eigenvalue weighted by Crippen LogP contribution is -2.13. The predicted molar refractivity (Wildman–Crippen MR) is 88.1 cm³/mol. The Balaban J connectivity index is 2.05. The van der Waals surface area contributed by atoms with Gasteiger partial charge in [-0.15, -0.1) is 0 Å². The number of H-pyrrole nitrogens is 2. The van der Waals surface area contributed by atoms with Crippen LogP contribution in [0.25, 0.3) is 32.9 Å². The van der Waals surface area contributed by atoms with Crippen LogP contribution in [0.5, 0.6) is 0 Å². The van der Waals surface area contributed by atoms with Gasteiger partial charge in [0.1, 0.15) is 0 Å². The van der Waals surface area contributed by atoms with Crippen LogP contribution >= 0.6 is 0 Å². The summed E-state index contributed by atoms with van der Waals surface area (Å²) in [5.41, 5.74) is 1.35. The fourth-order valence-corrected chi connectivity index (χ4v) is 2.70. The molecule has 4 heteroatoms. The van der Waals surface area contributed by atoms with Crippen LogP contribution < -0.4 is 11.1 Å². The van der Waals surface area contributed by atoms with Gasteiger partial charge in [-0.25, -0.2) is 0 Å². The molecule has 2 heterocycles. The number of aromatic nitrogens is 2. The molecular formula is C18H12N2O2. The summed E-state index contributed by atoms with van der Waals surface area (Å²) in [5.74, 6) is 0. The van der Waals surface area contributed by atoms with Gasteiger partial charge in [-0.2, -0.15) is 0 Å². The highest BCUT2D eigenvalue weighted by Crippen LogP contribution is 2.20. The van der Waals surface area contributed by atoms with E-state index in [1.54, 1.807) is 12.1 Å². The molecule has 0 atom stereocenters. The van der Waals surface area contributed by atoms with Crippen molar-refractivity contribution in [3.8, 4) is 11.3 Å². The molecule has 0 aliphatic heterocycles. The topological polar surface area (TPSA) is 65.7 Å². The maximum Gasteiger partial charge on any atom is 0.257 e. The highest BCUT2D eigenvalue weighted by molar-refractivity contribution is 5.87. The van der Waals surface area contributed by atoms with Crippen molar-refractivity contribution in [3.63, 3.8) is 0 Å². The molecule has 2 aromatic carbocycles. The summed E-state index contributed by atoms with van der Waals surface area (Å²) in [7, 11) is 0. The molecule has 0 saturated heterocycles. The van der Waals surface area contributed by atoms with Gasteiger partial charge < -0.3 is 9.97 Å². The fourth-order valence-electron chi connectivity index (χ4n) is 2.70. The van der Waals surface area contributed by atoms with E-state index in [4.69, 9.17) is 0 Å². The van der Waals surface area contributed by atoms with Crippen molar-refractivity contribution >= 4 is 21.7 Å². The lowest BCUT2D eigenvalue weighted by Gasteiger charge is -2.05. The number of nitrogens with one attached hydrogen (secondary N) is 2. The predicted octanol–water partition coefficient (Wildman–Crippen LogP) is 3.04. The molecule has 22 heavy (non-hydrogen) atoms. The number of pyridine rings is 2. The van der Waals surface area contributed by atoms with E-state index < -0.39 is 0 Å². The average molecular weight is 288 g/mol. The van der Waals surface area contributed by atoms with E-state index in [2.05, 4.69) is 9.97 Å². The van der Waals surface area contributed by atoms with E-state index in [-0.39, 0.29) is 11.1 Å². The van der Waals surface area contributed by atoms with Gasteiger partial charge in [0.25, 0.3) is 11.1 Å². The number of benzene rings is 2. The Morgan fingerprint density at radius 3 is 2.27 bits per heavy atom. The molecule has 0 fully saturated rings. The third-order valence-corrected chi connectivity index (χ3v) is 3.80. The third kappa shape index (κ3) is 1.93. The molecular weight excluding hydrogens is 276 g/mol. The minimum Gasteiger partial charge on any atom is -0.321 e. The summed E-state index contributed by atoms with van der Waals surface area (Å²) in [4.78, 5) is 30.1. The van der Waals surface area contributed by atoms with Crippen LogP contribution in [-0.2, 0) is 0 Å². The number of hydrogen-bond acceptors (Lipinski definition) is 2. The van der Waals surface area contributed by atoms with Gasteiger partial charge in [0.2, 0.25) is 0 Å². The van der Waals surface area contributed by atoms with Gasteiger partial charge in [-0.1, -0.05) is 36.4 Å². The molecule has 0 radical (unpaired) electrons. The SMILES string of the molecule is O=c1[nH]c2ccccc2cc1-c1cc2ccccc2c(=O)[nH]1. The normalized spacial score (nSPS) is 11.1. The van der Waals surface area contributed by atoms with Crippen molar-refractivity contribution < 1.29 is 0 Å². The van der Waals surface area contributed by atoms with E-state index in [1.165, 1.54) is 0 Å². The maximum absolute atomic E-state index is 12.3. The average Bonchev–Trinajstić information content (AvgIpc) is 2.54. The zero-order valence-electron chi connectivity index (χ0n) is 11.6. The number of fused-ring (bicyclic) bond motifs is 2. The molecule has 4 rings (SSSR count). The highest BCUT2D eigenvalue weighted by Gasteiger charge is 2.08. The lowest BCUT2D eigenvalue weighted by atomic mass is 10.1. The van der Waals surface area contributed by atoms with Crippen molar-refractivity contribution in [1.82, 2.24) is 9.97 Å². The molecule has 0 saturated carbocycles. The van der Waals surface area contributed by atoms with Crippen LogP contribution in [0.15, 0.2) is 70.3 Å². The number of para-hydroxylation sites is 1. The zero-order chi connectivity index (χ0) is 15.1. The Hall–Kier alpha value is -3.14. The number of rotatable bonds is 1. The summed E-state index contributed by atoms with van der Waals surface area (Å²) < 4.78 is 0. The van der Waals surface area contributed by atoms with Crippen molar-refractivity contribution in [3.05, 3.63) is 81.4 Å². The summed E-state index contributed by atoms with van der Waals surface area (Å²) in [5, 5.41) is 2.35. The van der Waals surface area contributed by atoms with E-state index in [0.717, 1.165) is 16.3 Å². The standard InChI is InChI=1S/C18H12N2O2/c21-17-13-7-3-1-5-11(13)10-16(20-17)14-9-12-6-2-4-8-15(12)19-18(14)22/h1-10H,(H,19,22)(H,20,21). The van der Waals surface area contributed by atoms with E-state index >= 15 is 0 Å². The van der Waals surface area contributed by atoms with Crippen LogP contribution in [0.4, 0.5) is 0 Å². The minimum atomic E-state index is -0.218. The van der Waals surface area contributed by atoms with E-state index in [0.29, 0.717) is 16.6 Å². The smallest absolute Gasteiger partial charge is 0.257 e. The van der Waals surface area contributed by atoms with Crippen molar-refractivity contribution in [2.45, 2.75) is 0 Å². The largest absolute Gasteiger partial charge is 0.321 e. The molecule has 0 amide bonds. The van der Waals surface area contributed by atoms with E-state index in [1.807, 2.05) is 48.5 Å². The summed E-state index contributed by atoms with van der Waals surface area (Å²) >= 11 is 0. The molecule has 4 aromatic rings. The Bertz CT molecular complexity index is 1120. The van der Waals surface area contributed by atoms with Crippen molar-refractivity contribution in [2.24, 2.45) is 0 Å². The van der Waals surface area contributed by atoms with Crippen LogP contribution in [-0.4, -0.2) is 9.97 Å². The van der Waals surface area contributed by atoms with Crippen molar-refractivity contribution in [2.75, 3.05) is 0 Å². The first kappa shape index (κ1) is 12.6. The molecule has 0 aliphatic carbocycles. The Labute approximate surface area is 125 Å². The first-order chi connectivity index (χ1) is 10.7. The van der Waals surface area contributed by atoms with Crippen LogP contribution in [0, 0.1) is 0 Å². The number of aromatic amines is 2. The maximum atomic E-state index is 12.3. The van der Waals surface area contributed by atoms with Crippen LogP contribution in [0.2, 0.25) is 0 Å². The van der Waals surface area contributed by atoms with Gasteiger partial charge >= 0.3 is 0 Å². The molecule has 2 N–H and O–H groups in total. The van der Waals surface area contributed by atoms with Gasteiger partial charge in [-0.05, 0) is 35.0 Å². The molecule has 0 unspecified atom stereocenters. The molecule has 4 nitrogen and oxygen atoms in total. The van der Waals surface area contributed by atoms with Gasteiger partial charge in [-0.3, -0.25) is 9.59 Å². The summed E-state index contributed by atoms with van der Waals surface area (Å²) in [6.45, 7) is 0. The zero-order valence-corrected chi connectivity index (χ0v) is 11.6. The highest BCUT2D eigenvalue weighted by atomic mass is 16.1. The second kappa shape index (κ2) is 4.70. The molecule has 2 aromatic heterocycles. The minimum absolute atomic E-state index is 0.194. The Kier molecular flexibility index (Phi) is 2.69. The quantitative estimate of drug-likeness (QED) is 0.565. The Morgan fingerprint density at radius 1 is 0.682 bits per heavy atom. The molecule has 0 spiro atoms. The lowest BCUT2D eigenvalue weighted by molar-refractivity contribution is 1.24. The second-order valence-corrected chi connectivity index (χ2v) is 5.20. The first-order valence-corrected chi connectivity index (χ1v) is 6.97. The van der Waals surface area contributed by atoms with Gasteiger partial charge in [0.15, 0.2) is 0 Å². The van der Waals surface area contributed by atoms with Crippen LogP contribution in [0.3, 0.4) is 0 Å². The van der Waals surface area contributed by atoms with Gasteiger partial charge in [0.05, 0.1) is 11.3 Å². The van der Waals surface area contributed by atoms with Gasteiger partial charge in [0, 0.05) is 10.9 Å². The van der Waals surface area contributed by atoms with Crippen LogP contribution in [0.1, 0.15) is 0 Å². The number of hydrogen-bond donors (Lipinski definition) is 2. The monoisotopic (exact) mass is 288 g/mol. The van der Waals surface area contributed by atoms with E-state index in [9.17, 15) is 9.59 Å². The van der Waals surface area contributed by atoms with Crippen molar-refractivity contribution in [1.29, 1.82) is 0 Å².